The first kappa shape index (κ1) is 20.6. The Morgan fingerprint density at radius 2 is 2.03 bits per heavy atom. The Kier molecular flexibility index (Phi) is 6.35. The summed E-state index contributed by atoms with van der Waals surface area (Å²) in [7, 11) is 0. The summed E-state index contributed by atoms with van der Waals surface area (Å²) in [5.41, 5.74) is 1.21. The van der Waals surface area contributed by atoms with Crippen LogP contribution in [-0.2, 0) is 14.3 Å². The van der Waals surface area contributed by atoms with Crippen LogP contribution in [0.5, 0.6) is 0 Å². The van der Waals surface area contributed by atoms with Crippen molar-refractivity contribution in [2.75, 3.05) is 6.61 Å². The van der Waals surface area contributed by atoms with Crippen LogP contribution in [0.3, 0.4) is 0 Å². The molecule has 8 heteroatoms. The van der Waals surface area contributed by atoms with E-state index in [1.807, 2.05) is 30.3 Å². The van der Waals surface area contributed by atoms with E-state index >= 15 is 0 Å². The van der Waals surface area contributed by atoms with Gasteiger partial charge >= 0.3 is 5.97 Å². The van der Waals surface area contributed by atoms with Gasteiger partial charge in [-0.15, -0.1) is 0 Å². The Morgan fingerprint density at radius 1 is 1.34 bits per heavy atom. The first-order valence-corrected chi connectivity index (χ1v) is 9.69. The van der Waals surface area contributed by atoms with E-state index in [-0.39, 0.29) is 0 Å². The summed E-state index contributed by atoms with van der Waals surface area (Å²) in [6.45, 7) is 1.34. The van der Waals surface area contributed by atoms with E-state index in [2.05, 4.69) is 16.5 Å². The Hall–Kier alpha value is -3.11. The Bertz CT molecular complexity index is 970. The molecule has 0 bridgehead atoms. The van der Waals surface area contributed by atoms with Gasteiger partial charge in [0.25, 0.3) is 5.91 Å². The second kappa shape index (κ2) is 8.93. The van der Waals surface area contributed by atoms with E-state index in [1.54, 1.807) is 11.6 Å². The molecule has 0 radical (unpaired) electrons. The lowest BCUT2D eigenvalue weighted by atomic mass is 10.00. The number of nitriles is 1. The van der Waals surface area contributed by atoms with Gasteiger partial charge < -0.3 is 10.1 Å². The van der Waals surface area contributed by atoms with Crippen molar-refractivity contribution in [3.8, 4) is 11.8 Å². The number of hydrogen-bond donors (Lipinski definition) is 1. The van der Waals surface area contributed by atoms with Gasteiger partial charge in [-0.3, -0.25) is 4.79 Å². The summed E-state index contributed by atoms with van der Waals surface area (Å²) >= 11 is 6.40. The van der Waals surface area contributed by atoms with Gasteiger partial charge in [0.15, 0.2) is 6.61 Å². The first-order chi connectivity index (χ1) is 13.9. The van der Waals surface area contributed by atoms with E-state index in [0.717, 1.165) is 18.5 Å². The topological polar surface area (TPSA) is 97.0 Å². The zero-order valence-electron chi connectivity index (χ0n) is 16.0. The monoisotopic (exact) mass is 412 g/mol. The highest BCUT2D eigenvalue weighted by molar-refractivity contribution is 6.31. The third kappa shape index (κ3) is 4.84. The molecule has 1 saturated carbocycles. The number of aryl methyl sites for hydroxylation is 1. The van der Waals surface area contributed by atoms with Gasteiger partial charge in [-0.1, -0.05) is 29.8 Å². The largest absolute Gasteiger partial charge is 0.452 e. The highest BCUT2D eigenvalue weighted by Gasteiger charge is 2.35. The molecule has 1 amide bonds. The minimum absolute atomic E-state index is 0.368. The molecule has 1 aliphatic carbocycles. The molecule has 1 aromatic heterocycles. The van der Waals surface area contributed by atoms with Gasteiger partial charge in [-0.05, 0) is 50.8 Å². The van der Waals surface area contributed by atoms with Gasteiger partial charge in [0.2, 0.25) is 0 Å². The number of amides is 1. The number of nitrogens with one attached hydrogen (secondary N) is 1. The van der Waals surface area contributed by atoms with Crippen molar-refractivity contribution < 1.29 is 14.3 Å². The van der Waals surface area contributed by atoms with Crippen molar-refractivity contribution >= 4 is 29.6 Å². The number of aromatic nitrogens is 2. The predicted molar refractivity (Wildman–Crippen MR) is 108 cm³/mol. The average molecular weight is 413 g/mol. The second-order valence-electron chi connectivity index (χ2n) is 6.93. The second-order valence-corrected chi connectivity index (χ2v) is 7.29. The van der Waals surface area contributed by atoms with Crippen LogP contribution in [0.4, 0.5) is 0 Å². The predicted octanol–water partition coefficient (Wildman–Crippen LogP) is 3.34. The van der Waals surface area contributed by atoms with Gasteiger partial charge in [0.1, 0.15) is 10.7 Å². The summed E-state index contributed by atoms with van der Waals surface area (Å²) < 4.78 is 6.56. The summed E-state index contributed by atoms with van der Waals surface area (Å²) in [5.74, 6) is -1.16. The molecule has 0 spiro atoms. The lowest BCUT2D eigenvalue weighted by Gasteiger charge is -2.21. The van der Waals surface area contributed by atoms with Crippen LogP contribution >= 0.6 is 11.6 Å². The third-order valence-electron chi connectivity index (χ3n) is 4.83. The van der Waals surface area contributed by atoms with Crippen LogP contribution in [-0.4, -0.2) is 33.8 Å². The number of carbonyl (C=O) groups is 2. The molecule has 0 saturated heterocycles. The van der Waals surface area contributed by atoms with Crippen molar-refractivity contribution in [2.45, 2.75) is 38.1 Å². The minimum atomic E-state index is -0.837. The molecule has 0 aliphatic heterocycles. The van der Waals surface area contributed by atoms with Crippen molar-refractivity contribution in [3.05, 3.63) is 52.8 Å². The number of para-hydroxylation sites is 1. The molecule has 1 aliphatic rings. The summed E-state index contributed by atoms with van der Waals surface area (Å²) in [5, 5.41) is 16.7. The van der Waals surface area contributed by atoms with Crippen molar-refractivity contribution in [1.82, 2.24) is 15.1 Å². The van der Waals surface area contributed by atoms with E-state index < -0.39 is 24.0 Å². The molecule has 29 heavy (non-hydrogen) atoms. The fourth-order valence-electron chi connectivity index (χ4n) is 3.32. The van der Waals surface area contributed by atoms with Crippen molar-refractivity contribution in [1.29, 1.82) is 5.26 Å². The average Bonchev–Trinajstić information content (AvgIpc) is 3.30. The van der Waals surface area contributed by atoms with Gasteiger partial charge in [-0.2, -0.15) is 10.4 Å². The van der Waals surface area contributed by atoms with E-state index in [0.29, 0.717) is 29.3 Å². The summed E-state index contributed by atoms with van der Waals surface area (Å²) in [6, 6.07) is 11.6. The molecule has 1 aromatic carbocycles. The molecular weight excluding hydrogens is 392 g/mol. The van der Waals surface area contributed by atoms with Gasteiger partial charge in [0.05, 0.1) is 17.5 Å². The van der Waals surface area contributed by atoms with Gasteiger partial charge in [-0.25, -0.2) is 9.48 Å². The molecule has 7 nitrogen and oxygen atoms in total. The fraction of sp³-hybridized carbons (Fsp3) is 0.333. The maximum atomic E-state index is 12.0. The quantitative estimate of drug-likeness (QED) is 0.579. The number of esters is 1. The molecule has 1 heterocycles. The number of ether oxygens (including phenoxy) is 1. The first-order valence-electron chi connectivity index (χ1n) is 9.32. The SMILES string of the molecule is Cc1nn(-c2ccccc2)c(Cl)c1/C=C/C(=O)OCC(=O)NC1(C#N)CCCC1. The third-order valence-corrected chi connectivity index (χ3v) is 5.19. The number of halogens is 1. The molecular formula is C21H21ClN4O3. The van der Waals surface area contributed by atoms with Crippen LogP contribution in [0.15, 0.2) is 36.4 Å². The van der Waals surface area contributed by atoms with E-state index in [1.165, 1.54) is 12.2 Å². The molecule has 1 N–H and O–H groups in total. The van der Waals surface area contributed by atoms with Crippen molar-refractivity contribution in [3.63, 3.8) is 0 Å². The zero-order valence-corrected chi connectivity index (χ0v) is 16.8. The van der Waals surface area contributed by atoms with Crippen LogP contribution < -0.4 is 5.32 Å². The smallest absolute Gasteiger partial charge is 0.331 e. The van der Waals surface area contributed by atoms with E-state index in [9.17, 15) is 14.9 Å². The normalized spacial score (nSPS) is 15.2. The molecule has 0 atom stereocenters. The lowest BCUT2D eigenvalue weighted by molar-refractivity contribution is -0.144. The zero-order chi connectivity index (χ0) is 20.9. The number of hydrogen-bond acceptors (Lipinski definition) is 5. The molecule has 0 unspecified atom stereocenters. The number of rotatable bonds is 6. The van der Waals surface area contributed by atoms with E-state index in [4.69, 9.17) is 16.3 Å². The number of nitrogens with zero attached hydrogens (tertiary/aromatic N) is 3. The van der Waals surface area contributed by atoms with Crippen molar-refractivity contribution in [2.24, 2.45) is 0 Å². The summed E-state index contributed by atoms with van der Waals surface area (Å²) in [4.78, 5) is 24.0. The molecule has 3 rings (SSSR count). The van der Waals surface area contributed by atoms with Crippen LogP contribution in [0.1, 0.15) is 36.9 Å². The van der Waals surface area contributed by atoms with Gasteiger partial charge in [0, 0.05) is 11.6 Å². The molecule has 1 fully saturated rings. The molecule has 150 valence electrons. The maximum absolute atomic E-state index is 12.0. The Labute approximate surface area is 173 Å². The maximum Gasteiger partial charge on any atom is 0.331 e. The van der Waals surface area contributed by atoms with Crippen LogP contribution in [0.2, 0.25) is 5.15 Å². The highest BCUT2D eigenvalue weighted by atomic mass is 35.5. The Morgan fingerprint density at radius 3 is 2.69 bits per heavy atom. The summed E-state index contributed by atoms with van der Waals surface area (Å²) in [6.07, 6.45) is 5.74. The number of carbonyl (C=O) groups excluding carboxylic acids is 2. The molecule has 2 aromatic rings. The lowest BCUT2D eigenvalue weighted by Crippen LogP contribution is -2.46. The highest BCUT2D eigenvalue weighted by Crippen LogP contribution is 2.28. The fourth-order valence-corrected chi connectivity index (χ4v) is 3.66. The van der Waals surface area contributed by atoms with Crippen LogP contribution in [0.25, 0.3) is 11.8 Å². The standard InChI is InChI=1S/C21H21ClN4O3/c1-15-17(20(22)26(25-15)16-7-3-2-4-8-16)9-10-19(28)29-13-18(27)24-21(14-23)11-5-6-12-21/h2-4,7-10H,5-6,11-13H2,1H3,(H,24,27)/b10-9+. The Balaban J connectivity index is 1.59. The minimum Gasteiger partial charge on any atom is -0.452 e. The number of benzene rings is 1. The van der Waals surface area contributed by atoms with Crippen LogP contribution in [0, 0.1) is 18.3 Å².